The molecule has 0 aliphatic carbocycles. The van der Waals surface area contributed by atoms with E-state index in [1.807, 2.05) is 13.8 Å². The molecule has 2 aromatic heterocycles. The van der Waals surface area contributed by atoms with E-state index in [0.29, 0.717) is 22.0 Å². The summed E-state index contributed by atoms with van der Waals surface area (Å²) in [5.74, 6) is -0.293. The van der Waals surface area contributed by atoms with Crippen molar-refractivity contribution >= 4 is 35.1 Å². The Morgan fingerprint density at radius 3 is 2.82 bits per heavy atom. The molecule has 8 heteroatoms. The summed E-state index contributed by atoms with van der Waals surface area (Å²) in [5, 5.41) is 8.41. The first kappa shape index (κ1) is 16.6. The molecule has 2 aromatic rings. The highest BCUT2D eigenvalue weighted by atomic mass is 35.5. The Morgan fingerprint density at radius 2 is 2.32 bits per heavy atom. The minimum Gasteiger partial charge on any atom is -0.271 e. The third-order valence-corrected chi connectivity index (χ3v) is 4.54. The summed E-state index contributed by atoms with van der Waals surface area (Å²) in [6, 6.07) is 2.44. The maximum Gasteiger partial charge on any atom is 0.264 e. The van der Waals surface area contributed by atoms with Crippen molar-refractivity contribution in [1.29, 1.82) is 0 Å². The van der Waals surface area contributed by atoms with Crippen molar-refractivity contribution in [1.82, 2.24) is 15.2 Å². The van der Waals surface area contributed by atoms with Crippen LogP contribution in [0.5, 0.6) is 0 Å². The summed E-state index contributed by atoms with van der Waals surface area (Å²) in [5.41, 5.74) is 3.88. The number of halogens is 2. The van der Waals surface area contributed by atoms with E-state index in [1.165, 1.54) is 12.3 Å². The topological polar surface area (TPSA) is 59.3 Å². The first-order chi connectivity index (χ1) is 10.4. The zero-order valence-electron chi connectivity index (χ0n) is 12.4. The summed E-state index contributed by atoms with van der Waals surface area (Å²) in [4.78, 5) is 12.9. The first-order valence-corrected chi connectivity index (χ1v) is 7.93. The van der Waals surface area contributed by atoms with Crippen LogP contribution in [-0.4, -0.2) is 21.9 Å². The molecule has 0 radical (unpaired) electrons. The number of carbonyl (C=O) groups is 1. The van der Waals surface area contributed by atoms with Crippen LogP contribution in [0.3, 0.4) is 0 Å². The normalized spacial score (nSPS) is 12.8. The van der Waals surface area contributed by atoms with Gasteiger partial charge in [-0.25, -0.2) is 5.43 Å². The predicted octanol–water partition coefficient (Wildman–Crippen LogP) is 3.46. The molecule has 1 N–H and O–H groups in total. The maximum absolute atomic E-state index is 12.8. The van der Waals surface area contributed by atoms with Gasteiger partial charge in [-0.15, -0.1) is 11.3 Å². The number of amides is 1. The zero-order chi connectivity index (χ0) is 16.3. The number of nitrogens with zero attached hydrogens (tertiary/aromatic N) is 3. The summed E-state index contributed by atoms with van der Waals surface area (Å²) in [7, 11) is 0. The van der Waals surface area contributed by atoms with Gasteiger partial charge in [0.05, 0.1) is 27.5 Å². The van der Waals surface area contributed by atoms with Crippen molar-refractivity contribution in [2.45, 2.75) is 33.2 Å². The lowest BCUT2D eigenvalue weighted by Gasteiger charge is -2.15. The number of hydrazone groups is 1. The van der Waals surface area contributed by atoms with E-state index >= 15 is 0 Å². The molecule has 0 aliphatic heterocycles. The number of thiophene rings is 1. The van der Waals surface area contributed by atoms with Crippen LogP contribution >= 0.6 is 22.9 Å². The summed E-state index contributed by atoms with van der Waals surface area (Å²) >= 11 is 7.07. The molecule has 0 saturated heterocycles. The second kappa shape index (κ2) is 7.02. The third kappa shape index (κ3) is 3.53. The highest BCUT2D eigenvalue weighted by Gasteiger charge is 2.22. The van der Waals surface area contributed by atoms with Gasteiger partial charge in [-0.1, -0.05) is 18.5 Å². The molecule has 0 saturated carbocycles. The predicted molar refractivity (Wildman–Crippen MR) is 86.1 cm³/mol. The van der Waals surface area contributed by atoms with Crippen LogP contribution < -0.4 is 5.43 Å². The summed E-state index contributed by atoms with van der Waals surface area (Å²) in [6.07, 6.45) is 1.96. The van der Waals surface area contributed by atoms with Crippen LogP contribution in [0, 0.1) is 19.0 Å². The first-order valence-electron chi connectivity index (χ1n) is 6.73. The van der Waals surface area contributed by atoms with Gasteiger partial charge in [0.15, 0.2) is 5.13 Å². The highest BCUT2D eigenvalue weighted by molar-refractivity contribution is 7.12. The Morgan fingerprint density at radius 1 is 1.59 bits per heavy atom. The van der Waals surface area contributed by atoms with Gasteiger partial charge in [-0.05, 0) is 32.4 Å². The van der Waals surface area contributed by atoms with Gasteiger partial charge in [0.1, 0.15) is 6.04 Å². The van der Waals surface area contributed by atoms with Crippen molar-refractivity contribution in [3.8, 4) is 0 Å². The van der Waals surface area contributed by atoms with E-state index in [9.17, 15) is 9.18 Å². The third-order valence-electron chi connectivity index (χ3n) is 3.18. The van der Waals surface area contributed by atoms with E-state index in [0.717, 1.165) is 17.0 Å². The molecule has 2 rings (SSSR count). The van der Waals surface area contributed by atoms with Gasteiger partial charge < -0.3 is 0 Å². The van der Waals surface area contributed by atoms with Gasteiger partial charge in [-0.3, -0.25) is 9.48 Å². The molecule has 1 unspecified atom stereocenters. The second-order valence-corrected chi connectivity index (χ2v) is 6.17. The van der Waals surface area contributed by atoms with Crippen LogP contribution in [0.1, 0.15) is 35.7 Å². The van der Waals surface area contributed by atoms with Crippen molar-refractivity contribution in [2.24, 2.45) is 5.10 Å². The minimum atomic E-state index is -0.497. The Kier molecular flexibility index (Phi) is 5.31. The van der Waals surface area contributed by atoms with Crippen molar-refractivity contribution in [3.63, 3.8) is 0 Å². The summed E-state index contributed by atoms with van der Waals surface area (Å²) in [6.45, 7) is 5.49. The number of aromatic nitrogens is 2. The van der Waals surface area contributed by atoms with Crippen LogP contribution in [0.2, 0.25) is 5.02 Å². The Hall–Kier alpha value is -1.73. The van der Waals surface area contributed by atoms with Crippen molar-refractivity contribution in [3.05, 3.63) is 38.6 Å². The zero-order valence-corrected chi connectivity index (χ0v) is 14.0. The average Bonchev–Trinajstić information content (AvgIpc) is 3.00. The molecule has 5 nitrogen and oxygen atoms in total. The van der Waals surface area contributed by atoms with Gasteiger partial charge in [0.25, 0.3) is 5.91 Å². The highest BCUT2D eigenvalue weighted by Crippen LogP contribution is 2.23. The van der Waals surface area contributed by atoms with E-state index in [2.05, 4.69) is 15.6 Å². The lowest BCUT2D eigenvalue weighted by molar-refractivity contribution is -0.124. The lowest BCUT2D eigenvalue weighted by Crippen LogP contribution is -2.30. The molecule has 1 atom stereocenters. The largest absolute Gasteiger partial charge is 0.271 e. The molecule has 118 valence electrons. The van der Waals surface area contributed by atoms with Crippen LogP contribution in [0.4, 0.5) is 4.39 Å². The molecule has 0 aliphatic rings. The van der Waals surface area contributed by atoms with Crippen molar-refractivity contribution < 1.29 is 9.18 Å². The van der Waals surface area contributed by atoms with Gasteiger partial charge in [0.2, 0.25) is 0 Å². The van der Waals surface area contributed by atoms with Crippen LogP contribution in [0.25, 0.3) is 0 Å². The number of carbonyl (C=O) groups excluding carboxylic acids is 1. The minimum absolute atomic E-state index is 0.293. The molecule has 0 aromatic carbocycles. The number of nitrogens with one attached hydrogen (secondary N) is 1. The Labute approximate surface area is 136 Å². The fraction of sp³-hybridized carbons (Fsp3) is 0.357. The van der Waals surface area contributed by atoms with E-state index in [4.69, 9.17) is 11.6 Å². The maximum atomic E-state index is 12.8. The molecule has 22 heavy (non-hydrogen) atoms. The quantitative estimate of drug-likeness (QED) is 0.668. The fourth-order valence-corrected chi connectivity index (χ4v) is 2.77. The summed E-state index contributed by atoms with van der Waals surface area (Å²) < 4.78 is 14.5. The van der Waals surface area contributed by atoms with Crippen LogP contribution in [-0.2, 0) is 4.79 Å². The number of hydrogen-bond donors (Lipinski definition) is 1. The molecule has 1 amide bonds. The standard InChI is InChI=1S/C14H16ClFN4OS/c1-4-11(20-9(3)13(15)8(2)19-20)14(21)18-17-7-10-5-6-12(16)22-10/h5-7,11H,4H2,1-3H3,(H,18,21)/b17-7+. The Bertz CT molecular complexity index is 710. The lowest BCUT2D eigenvalue weighted by atomic mass is 10.2. The van der Waals surface area contributed by atoms with Crippen molar-refractivity contribution in [2.75, 3.05) is 0 Å². The number of aryl methyl sites for hydroxylation is 1. The number of hydrogen-bond acceptors (Lipinski definition) is 4. The van der Waals surface area contributed by atoms with Gasteiger partial charge in [0, 0.05) is 0 Å². The molecule has 0 bridgehead atoms. The van der Waals surface area contributed by atoms with E-state index < -0.39 is 6.04 Å². The molecule has 0 spiro atoms. The smallest absolute Gasteiger partial charge is 0.264 e. The van der Waals surface area contributed by atoms with E-state index in [1.54, 1.807) is 17.7 Å². The average molecular weight is 343 g/mol. The fourth-order valence-electron chi connectivity index (χ4n) is 2.05. The number of rotatable bonds is 5. The molecule has 0 fully saturated rings. The second-order valence-electron chi connectivity index (χ2n) is 4.73. The Balaban J connectivity index is 2.09. The van der Waals surface area contributed by atoms with E-state index in [-0.39, 0.29) is 11.0 Å². The molecule has 2 heterocycles. The van der Waals surface area contributed by atoms with Gasteiger partial charge >= 0.3 is 0 Å². The van der Waals surface area contributed by atoms with Gasteiger partial charge in [-0.2, -0.15) is 14.6 Å². The monoisotopic (exact) mass is 342 g/mol. The SMILES string of the molecule is CCC(C(=O)N/N=C/c1ccc(F)s1)n1nc(C)c(Cl)c1C. The molecular weight excluding hydrogens is 327 g/mol. The van der Waals surface area contributed by atoms with Crippen LogP contribution in [0.15, 0.2) is 17.2 Å². The molecular formula is C14H16ClFN4OS.